The fourth-order valence-electron chi connectivity index (χ4n) is 3.82. The number of likely N-dealkylation sites (tertiary alicyclic amines) is 1. The Morgan fingerprint density at radius 1 is 1.32 bits per heavy atom. The van der Waals surface area contributed by atoms with Crippen LogP contribution in [0.3, 0.4) is 0 Å². The minimum Gasteiger partial charge on any atom is -0.384 e. The van der Waals surface area contributed by atoms with Gasteiger partial charge < -0.3 is 15.0 Å². The molecule has 4 nitrogen and oxygen atoms in total. The van der Waals surface area contributed by atoms with Crippen LogP contribution in [0.1, 0.15) is 30.7 Å². The van der Waals surface area contributed by atoms with Crippen molar-refractivity contribution in [1.29, 1.82) is 0 Å². The number of nitrogens with one attached hydrogen (secondary N) is 1. The summed E-state index contributed by atoms with van der Waals surface area (Å²) in [4.78, 5) is 15.1. The van der Waals surface area contributed by atoms with E-state index in [0.717, 1.165) is 32.4 Å². The number of carbonyl (C=O) groups is 1. The summed E-state index contributed by atoms with van der Waals surface area (Å²) in [6, 6.07) is 10.7. The average molecular weight is 302 g/mol. The highest BCUT2D eigenvalue weighted by molar-refractivity contribution is 5.84. The Hall–Kier alpha value is -1.39. The molecule has 0 aromatic heterocycles. The second kappa shape index (κ2) is 6.39. The van der Waals surface area contributed by atoms with Crippen molar-refractivity contribution in [2.75, 3.05) is 33.9 Å². The van der Waals surface area contributed by atoms with Gasteiger partial charge in [0.05, 0.1) is 12.0 Å². The van der Waals surface area contributed by atoms with Crippen molar-refractivity contribution < 1.29 is 9.53 Å². The number of hydrogen-bond donors (Lipinski definition) is 1. The van der Waals surface area contributed by atoms with Gasteiger partial charge >= 0.3 is 0 Å². The quantitative estimate of drug-likeness (QED) is 0.905. The summed E-state index contributed by atoms with van der Waals surface area (Å²) in [6.45, 7) is 2.44. The molecule has 0 unspecified atom stereocenters. The van der Waals surface area contributed by atoms with Crippen LogP contribution in [0.4, 0.5) is 0 Å². The Balaban J connectivity index is 1.71. The van der Waals surface area contributed by atoms with Crippen molar-refractivity contribution in [2.45, 2.75) is 31.2 Å². The van der Waals surface area contributed by atoms with Gasteiger partial charge in [0.15, 0.2) is 0 Å². The van der Waals surface area contributed by atoms with Crippen molar-refractivity contribution >= 4 is 5.91 Å². The molecule has 1 N–H and O–H groups in total. The molecule has 2 aliphatic rings. The monoisotopic (exact) mass is 302 g/mol. The Bertz CT molecular complexity index is 513. The topological polar surface area (TPSA) is 41.6 Å². The van der Waals surface area contributed by atoms with E-state index in [9.17, 15) is 4.79 Å². The molecule has 1 saturated carbocycles. The lowest BCUT2D eigenvalue weighted by Gasteiger charge is -2.40. The van der Waals surface area contributed by atoms with E-state index < -0.39 is 0 Å². The molecule has 0 bridgehead atoms. The number of hydrogen-bond acceptors (Lipinski definition) is 3. The van der Waals surface area contributed by atoms with E-state index in [1.54, 1.807) is 7.11 Å². The Morgan fingerprint density at radius 2 is 2.05 bits per heavy atom. The molecule has 1 amide bonds. The van der Waals surface area contributed by atoms with Crippen molar-refractivity contribution in [3.63, 3.8) is 0 Å². The van der Waals surface area contributed by atoms with Gasteiger partial charge in [0.25, 0.3) is 0 Å². The maximum Gasteiger partial charge on any atom is 0.228 e. The predicted octanol–water partition coefficient (Wildman–Crippen LogP) is 2.02. The normalized spacial score (nSPS) is 27.4. The second-order valence-electron chi connectivity index (χ2n) is 6.89. The molecular formula is C18H26N2O2. The molecular weight excluding hydrogens is 276 g/mol. The van der Waals surface area contributed by atoms with E-state index in [1.165, 1.54) is 5.56 Å². The first-order valence-electron chi connectivity index (χ1n) is 8.18. The number of methoxy groups -OCH3 is 1. The van der Waals surface area contributed by atoms with E-state index in [2.05, 4.69) is 41.5 Å². The van der Waals surface area contributed by atoms with Gasteiger partial charge in [-0.25, -0.2) is 0 Å². The zero-order valence-corrected chi connectivity index (χ0v) is 13.5. The van der Waals surface area contributed by atoms with Crippen molar-refractivity contribution in [3.8, 4) is 0 Å². The molecule has 2 atom stereocenters. The first-order valence-corrected chi connectivity index (χ1v) is 8.18. The number of likely N-dealkylation sites (N-methyl/N-ethyl adjacent to an activating group) is 1. The fourth-order valence-corrected chi connectivity index (χ4v) is 3.82. The highest BCUT2D eigenvalue weighted by atomic mass is 16.5. The summed E-state index contributed by atoms with van der Waals surface area (Å²) in [5, 5.41) is 3.32. The SMILES string of the molecule is COCC1(C(=O)N[C@@H]2CN(C)C[C@H]2c2ccccc2)CCC1. The van der Waals surface area contributed by atoms with Crippen LogP contribution in [-0.2, 0) is 9.53 Å². The molecule has 2 fully saturated rings. The van der Waals surface area contributed by atoms with Crippen LogP contribution >= 0.6 is 0 Å². The Morgan fingerprint density at radius 3 is 2.64 bits per heavy atom. The zero-order chi connectivity index (χ0) is 15.6. The molecule has 0 spiro atoms. The third kappa shape index (κ3) is 2.90. The summed E-state index contributed by atoms with van der Waals surface area (Å²) < 4.78 is 5.30. The van der Waals surface area contributed by atoms with Crippen LogP contribution in [0, 0.1) is 5.41 Å². The van der Waals surface area contributed by atoms with Crippen LogP contribution < -0.4 is 5.32 Å². The number of benzene rings is 1. The third-order valence-corrected chi connectivity index (χ3v) is 5.26. The van der Waals surface area contributed by atoms with Gasteiger partial charge in [-0.3, -0.25) is 4.79 Å². The van der Waals surface area contributed by atoms with Gasteiger partial charge in [0.1, 0.15) is 0 Å². The zero-order valence-electron chi connectivity index (χ0n) is 13.5. The average Bonchev–Trinajstić information content (AvgIpc) is 2.84. The van der Waals surface area contributed by atoms with Crippen LogP contribution in [0.2, 0.25) is 0 Å². The third-order valence-electron chi connectivity index (χ3n) is 5.26. The summed E-state index contributed by atoms with van der Waals surface area (Å²) >= 11 is 0. The molecule has 1 heterocycles. The lowest BCUT2D eigenvalue weighted by atomic mass is 9.68. The van der Waals surface area contributed by atoms with Gasteiger partial charge in [-0.1, -0.05) is 36.8 Å². The number of nitrogens with zero attached hydrogens (tertiary/aromatic N) is 1. The maximum atomic E-state index is 12.8. The summed E-state index contributed by atoms with van der Waals surface area (Å²) in [5.41, 5.74) is 1.03. The van der Waals surface area contributed by atoms with Crippen LogP contribution in [0.25, 0.3) is 0 Å². The maximum absolute atomic E-state index is 12.8. The van der Waals surface area contributed by atoms with Gasteiger partial charge in [0.2, 0.25) is 5.91 Å². The van der Waals surface area contributed by atoms with E-state index in [0.29, 0.717) is 12.5 Å². The van der Waals surface area contributed by atoms with E-state index in [-0.39, 0.29) is 17.4 Å². The first kappa shape index (κ1) is 15.5. The van der Waals surface area contributed by atoms with Gasteiger partial charge in [-0.05, 0) is 25.5 Å². The number of carbonyl (C=O) groups excluding carboxylic acids is 1. The standard InChI is InChI=1S/C18H26N2O2/c1-20-11-15(14-7-4-3-5-8-14)16(12-20)19-17(21)18(13-22-2)9-6-10-18/h3-5,7-8,15-16H,6,9-13H2,1-2H3,(H,19,21)/t15-,16+/m0/s1. The minimum atomic E-state index is -0.281. The fraction of sp³-hybridized carbons (Fsp3) is 0.611. The second-order valence-corrected chi connectivity index (χ2v) is 6.89. The number of ether oxygens (including phenoxy) is 1. The smallest absolute Gasteiger partial charge is 0.228 e. The lowest BCUT2D eigenvalue weighted by molar-refractivity contribution is -0.141. The van der Waals surface area contributed by atoms with Gasteiger partial charge in [-0.15, -0.1) is 0 Å². The van der Waals surface area contributed by atoms with Crippen LogP contribution in [-0.4, -0.2) is 50.7 Å². The van der Waals surface area contributed by atoms with Crippen LogP contribution in [0.15, 0.2) is 30.3 Å². The molecule has 1 saturated heterocycles. The molecule has 1 aromatic rings. The highest BCUT2D eigenvalue weighted by Crippen LogP contribution is 2.42. The molecule has 0 radical (unpaired) electrons. The molecule has 1 aliphatic carbocycles. The van der Waals surface area contributed by atoms with Crippen LogP contribution in [0.5, 0.6) is 0 Å². The minimum absolute atomic E-state index is 0.182. The highest BCUT2D eigenvalue weighted by Gasteiger charge is 2.46. The first-order chi connectivity index (χ1) is 10.6. The predicted molar refractivity (Wildman–Crippen MR) is 86.8 cm³/mol. The number of rotatable bonds is 5. The number of amides is 1. The van der Waals surface area contributed by atoms with Crippen molar-refractivity contribution in [2.24, 2.45) is 5.41 Å². The molecule has 1 aliphatic heterocycles. The van der Waals surface area contributed by atoms with E-state index >= 15 is 0 Å². The van der Waals surface area contributed by atoms with Gasteiger partial charge in [-0.2, -0.15) is 0 Å². The summed E-state index contributed by atoms with van der Waals surface area (Å²) in [6.07, 6.45) is 3.03. The van der Waals surface area contributed by atoms with E-state index in [4.69, 9.17) is 4.74 Å². The summed E-state index contributed by atoms with van der Waals surface area (Å²) in [7, 11) is 3.81. The largest absolute Gasteiger partial charge is 0.384 e. The van der Waals surface area contributed by atoms with Crippen molar-refractivity contribution in [3.05, 3.63) is 35.9 Å². The Labute approximate surface area is 132 Å². The molecule has 1 aromatic carbocycles. The molecule has 3 rings (SSSR count). The Kier molecular flexibility index (Phi) is 4.50. The molecule has 22 heavy (non-hydrogen) atoms. The molecule has 120 valence electrons. The van der Waals surface area contributed by atoms with E-state index in [1.807, 2.05) is 6.07 Å². The molecule has 4 heteroatoms. The lowest BCUT2D eigenvalue weighted by Crippen LogP contribution is -2.52. The summed E-state index contributed by atoms with van der Waals surface area (Å²) in [5.74, 6) is 0.552. The van der Waals surface area contributed by atoms with Crippen molar-refractivity contribution in [1.82, 2.24) is 10.2 Å². The van der Waals surface area contributed by atoms with Gasteiger partial charge in [0, 0.05) is 32.2 Å².